The fraction of sp³-hybridized carbons (Fsp3) is 0.429. The van der Waals surface area contributed by atoms with Gasteiger partial charge in [0.25, 0.3) is 5.91 Å². The number of rotatable bonds is 4. The maximum atomic E-state index is 12.1. The molecule has 1 aromatic rings. The molecule has 6 nitrogen and oxygen atoms in total. The molecule has 2 atom stereocenters. The van der Waals surface area contributed by atoms with E-state index in [-0.39, 0.29) is 12.0 Å². The van der Waals surface area contributed by atoms with E-state index in [2.05, 4.69) is 5.32 Å². The minimum atomic E-state index is -0.527. The number of hydrogen-bond acceptors (Lipinski definition) is 4. The van der Waals surface area contributed by atoms with Crippen molar-refractivity contribution in [2.45, 2.75) is 32.0 Å². The van der Waals surface area contributed by atoms with E-state index in [0.29, 0.717) is 24.2 Å². The summed E-state index contributed by atoms with van der Waals surface area (Å²) in [7, 11) is 0. The third-order valence-corrected chi connectivity index (χ3v) is 3.44. The number of benzene rings is 1. The number of nitrogens with one attached hydrogen (secondary N) is 1. The van der Waals surface area contributed by atoms with Crippen LogP contribution >= 0.6 is 0 Å². The lowest BCUT2D eigenvalue weighted by Crippen LogP contribution is -2.30. The van der Waals surface area contributed by atoms with E-state index < -0.39 is 12.0 Å². The summed E-state index contributed by atoms with van der Waals surface area (Å²) < 4.78 is 5.53. The van der Waals surface area contributed by atoms with Crippen LogP contribution in [0, 0.1) is 6.92 Å². The standard InChI is InChI=1S/C14H19N3O3/c1-8-2-3-9(13(16)18)6-11(8)17-14(19)12-5-4-10(7-15)20-12/h2-3,6,10,12H,4-5,7,15H2,1H3,(H2,16,18)(H,17,19)/t10-,12+/m1/s1. The maximum absolute atomic E-state index is 12.1. The van der Waals surface area contributed by atoms with Gasteiger partial charge in [0.15, 0.2) is 0 Å². The van der Waals surface area contributed by atoms with Crippen molar-refractivity contribution < 1.29 is 14.3 Å². The van der Waals surface area contributed by atoms with Gasteiger partial charge in [-0.05, 0) is 37.5 Å². The van der Waals surface area contributed by atoms with E-state index in [4.69, 9.17) is 16.2 Å². The lowest BCUT2D eigenvalue weighted by Gasteiger charge is -2.14. The Morgan fingerprint density at radius 2 is 2.15 bits per heavy atom. The van der Waals surface area contributed by atoms with Crippen LogP contribution in [0.2, 0.25) is 0 Å². The van der Waals surface area contributed by atoms with Crippen LogP contribution in [-0.4, -0.2) is 30.6 Å². The van der Waals surface area contributed by atoms with Crippen LogP contribution in [0.1, 0.15) is 28.8 Å². The van der Waals surface area contributed by atoms with Gasteiger partial charge < -0.3 is 21.5 Å². The molecular formula is C14H19N3O3. The van der Waals surface area contributed by atoms with Crippen molar-refractivity contribution in [1.29, 1.82) is 0 Å². The number of carbonyl (C=O) groups excluding carboxylic acids is 2. The summed E-state index contributed by atoms with van der Waals surface area (Å²) in [5, 5.41) is 2.78. The lowest BCUT2D eigenvalue weighted by atomic mass is 10.1. The molecule has 0 bridgehead atoms. The number of primary amides is 1. The van der Waals surface area contributed by atoms with Gasteiger partial charge in [-0.25, -0.2) is 0 Å². The molecule has 6 heteroatoms. The van der Waals surface area contributed by atoms with Crippen LogP contribution in [0.4, 0.5) is 5.69 Å². The van der Waals surface area contributed by atoms with E-state index >= 15 is 0 Å². The van der Waals surface area contributed by atoms with E-state index in [1.165, 1.54) is 0 Å². The normalized spacial score (nSPS) is 21.7. The summed E-state index contributed by atoms with van der Waals surface area (Å²) in [4.78, 5) is 23.3. The van der Waals surface area contributed by atoms with Crippen LogP contribution in [0.15, 0.2) is 18.2 Å². The van der Waals surface area contributed by atoms with Crippen molar-refractivity contribution in [3.63, 3.8) is 0 Å². The molecule has 1 aliphatic rings. The highest BCUT2D eigenvalue weighted by molar-refractivity contribution is 5.98. The molecule has 0 unspecified atom stereocenters. The molecule has 2 rings (SSSR count). The summed E-state index contributed by atoms with van der Waals surface area (Å²) in [5.41, 5.74) is 12.5. The molecule has 1 heterocycles. The van der Waals surface area contributed by atoms with Crippen molar-refractivity contribution in [2.75, 3.05) is 11.9 Å². The van der Waals surface area contributed by atoms with E-state index in [9.17, 15) is 9.59 Å². The second kappa shape index (κ2) is 6.02. The Bertz CT molecular complexity index is 530. The Kier molecular flexibility index (Phi) is 4.36. The topological polar surface area (TPSA) is 107 Å². The van der Waals surface area contributed by atoms with Crippen LogP contribution in [-0.2, 0) is 9.53 Å². The monoisotopic (exact) mass is 277 g/mol. The lowest BCUT2D eigenvalue weighted by molar-refractivity contribution is -0.126. The molecule has 0 aliphatic carbocycles. The molecule has 1 aliphatic heterocycles. The maximum Gasteiger partial charge on any atom is 0.253 e. The van der Waals surface area contributed by atoms with Gasteiger partial charge in [0, 0.05) is 17.8 Å². The second-order valence-corrected chi connectivity index (χ2v) is 4.94. The zero-order valence-corrected chi connectivity index (χ0v) is 11.4. The first-order chi connectivity index (χ1) is 9.51. The number of ether oxygens (including phenoxy) is 1. The average molecular weight is 277 g/mol. The Morgan fingerprint density at radius 3 is 2.75 bits per heavy atom. The molecule has 2 amide bonds. The third kappa shape index (κ3) is 3.15. The first-order valence-corrected chi connectivity index (χ1v) is 6.58. The van der Waals surface area contributed by atoms with Crippen molar-refractivity contribution >= 4 is 17.5 Å². The van der Waals surface area contributed by atoms with E-state index in [1.54, 1.807) is 18.2 Å². The van der Waals surface area contributed by atoms with Gasteiger partial charge in [-0.3, -0.25) is 9.59 Å². The smallest absolute Gasteiger partial charge is 0.253 e. The summed E-state index contributed by atoms with van der Waals surface area (Å²) in [6.45, 7) is 2.26. The molecule has 20 heavy (non-hydrogen) atoms. The summed E-state index contributed by atoms with van der Waals surface area (Å²) >= 11 is 0. The van der Waals surface area contributed by atoms with Gasteiger partial charge in [-0.15, -0.1) is 0 Å². The largest absolute Gasteiger partial charge is 0.366 e. The highest BCUT2D eigenvalue weighted by Gasteiger charge is 2.30. The molecule has 0 spiro atoms. The Labute approximate surface area is 117 Å². The number of anilines is 1. The predicted molar refractivity (Wildman–Crippen MR) is 75.3 cm³/mol. The number of carbonyl (C=O) groups is 2. The Morgan fingerprint density at radius 1 is 1.40 bits per heavy atom. The fourth-order valence-electron chi connectivity index (χ4n) is 2.20. The Hall–Kier alpha value is -1.92. The summed E-state index contributed by atoms with van der Waals surface area (Å²) in [6.07, 6.45) is 0.904. The third-order valence-electron chi connectivity index (χ3n) is 3.44. The number of nitrogens with two attached hydrogens (primary N) is 2. The molecule has 0 saturated carbocycles. The molecule has 1 saturated heterocycles. The molecule has 108 valence electrons. The van der Waals surface area contributed by atoms with Gasteiger partial charge in [-0.1, -0.05) is 6.07 Å². The molecule has 0 aromatic heterocycles. The summed E-state index contributed by atoms with van der Waals surface area (Å²) in [5.74, 6) is -0.744. The number of hydrogen-bond donors (Lipinski definition) is 3. The highest BCUT2D eigenvalue weighted by Crippen LogP contribution is 2.22. The number of amides is 2. The van der Waals surface area contributed by atoms with Gasteiger partial charge in [0.1, 0.15) is 6.10 Å². The van der Waals surface area contributed by atoms with Crippen LogP contribution in [0.5, 0.6) is 0 Å². The minimum Gasteiger partial charge on any atom is -0.366 e. The van der Waals surface area contributed by atoms with E-state index in [0.717, 1.165) is 12.0 Å². The van der Waals surface area contributed by atoms with Crippen molar-refractivity contribution in [2.24, 2.45) is 11.5 Å². The van der Waals surface area contributed by atoms with Gasteiger partial charge in [-0.2, -0.15) is 0 Å². The average Bonchev–Trinajstić information content (AvgIpc) is 2.89. The predicted octanol–water partition coefficient (Wildman–Crippen LogP) is 0.539. The Balaban J connectivity index is 2.08. The van der Waals surface area contributed by atoms with Crippen LogP contribution < -0.4 is 16.8 Å². The first-order valence-electron chi connectivity index (χ1n) is 6.58. The number of aryl methyl sites for hydroxylation is 1. The van der Waals surface area contributed by atoms with Crippen LogP contribution in [0.25, 0.3) is 0 Å². The quantitative estimate of drug-likeness (QED) is 0.746. The van der Waals surface area contributed by atoms with Crippen molar-refractivity contribution in [3.05, 3.63) is 29.3 Å². The van der Waals surface area contributed by atoms with Gasteiger partial charge >= 0.3 is 0 Å². The highest BCUT2D eigenvalue weighted by atomic mass is 16.5. The zero-order chi connectivity index (χ0) is 14.7. The van der Waals surface area contributed by atoms with Gasteiger partial charge in [0.05, 0.1) is 6.10 Å². The van der Waals surface area contributed by atoms with Crippen molar-refractivity contribution in [1.82, 2.24) is 0 Å². The SMILES string of the molecule is Cc1ccc(C(N)=O)cc1NC(=O)[C@@H]1CC[C@H](CN)O1. The fourth-order valence-corrected chi connectivity index (χ4v) is 2.20. The van der Waals surface area contributed by atoms with Gasteiger partial charge in [0.2, 0.25) is 5.91 Å². The molecule has 0 radical (unpaired) electrons. The minimum absolute atomic E-state index is 0.0520. The second-order valence-electron chi connectivity index (χ2n) is 4.94. The molecule has 1 fully saturated rings. The summed E-state index contributed by atoms with van der Waals surface area (Å²) in [6, 6.07) is 4.95. The first kappa shape index (κ1) is 14.5. The van der Waals surface area contributed by atoms with Crippen LogP contribution in [0.3, 0.4) is 0 Å². The molecule has 1 aromatic carbocycles. The van der Waals surface area contributed by atoms with Crippen molar-refractivity contribution in [3.8, 4) is 0 Å². The zero-order valence-electron chi connectivity index (χ0n) is 11.4. The van der Waals surface area contributed by atoms with E-state index in [1.807, 2.05) is 6.92 Å². The molecule has 5 N–H and O–H groups in total. The molecular weight excluding hydrogens is 258 g/mol.